The normalized spacial score (nSPS) is 15.2. The molecule has 1 fully saturated rings. The van der Waals surface area contributed by atoms with E-state index in [4.69, 9.17) is 5.26 Å². The van der Waals surface area contributed by atoms with Crippen molar-refractivity contribution in [2.75, 3.05) is 36.0 Å². The van der Waals surface area contributed by atoms with E-state index in [0.29, 0.717) is 26.2 Å². The Hall–Kier alpha value is -2.82. The fraction of sp³-hybridized carbons (Fsp3) is 0.353. The maximum absolute atomic E-state index is 13.3. The van der Waals surface area contributed by atoms with E-state index in [0.717, 1.165) is 17.6 Å². The molecule has 0 aliphatic carbocycles. The van der Waals surface area contributed by atoms with E-state index in [1.807, 2.05) is 24.0 Å². The number of nitrogens with zero attached hydrogens (tertiary/aromatic N) is 5. The highest BCUT2D eigenvalue weighted by Crippen LogP contribution is 2.37. The van der Waals surface area contributed by atoms with Crippen molar-refractivity contribution >= 4 is 11.5 Å². The van der Waals surface area contributed by atoms with Crippen molar-refractivity contribution in [3.05, 3.63) is 47.2 Å². The molecule has 8 heteroatoms. The maximum atomic E-state index is 13.3. The van der Waals surface area contributed by atoms with Gasteiger partial charge in [-0.15, -0.1) is 5.10 Å². The van der Waals surface area contributed by atoms with Crippen molar-refractivity contribution in [2.45, 2.75) is 13.1 Å². The molecular weight excluding hydrogens is 331 g/mol. The molecule has 0 radical (unpaired) electrons. The van der Waals surface area contributed by atoms with Gasteiger partial charge in [-0.1, -0.05) is 0 Å². The predicted octanol–water partition coefficient (Wildman–Crippen LogP) is 3.00. The van der Waals surface area contributed by atoms with Gasteiger partial charge in [-0.2, -0.15) is 23.5 Å². The summed E-state index contributed by atoms with van der Waals surface area (Å²) in [6, 6.07) is 9.19. The van der Waals surface area contributed by atoms with Crippen LogP contribution >= 0.6 is 0 Å². The average Bonchev–Trinajstić information content (AvgIpc) is 2.61. The minimum Gasteiger partial charge on any atom is -0.367 e. The second-order valence-corrected chi connectivity index (χ2v) is 5.85. The van der Waals surface area contributed by atoms with Crippen LogP contribution in [0.25, 0.3) is 0 Å². The number of anilines is 2. The number of hydrogen-bond donors (Lipinski definition) is 0. The van der Waals surface area contributed by atoms with Crippen LogP contribution in [0.2, 0.25) is 0 Å². The first-order valence-electron chi connectivity index (χ1n) is 7.80. The molecule has 2 aromatic rings. The van der Waals surface area contributed by atoms with Gasteiger partial charge in [0, 0.05) is 31.9 Å². The summed E-state index contributed by atoms with van der Waals surface area (Å²) in [5.74, 6) is 0.723. The minimum atomic E-state index is -4.50. The molecule has 0 bridgehead atoms. The Morgan fingerprint density at radius 3 is 2.24 bits per heavy atom. The van der Waals surface area contributed by atoms with Crippen molar-refractivity contribution in [2.24, 2.45) is 0 Å². The Labute approximate surface area is 143 Å². The van der Waals surface area contributed by atoms with E-state index in [2.05, 4.69) is 10.2 Å². The number of hydrogen-bond acceptors (Lipinski definition) is 5. The quantitative estimate of drug-likeness (QED) is 0.836. The number of aromatic nitrogens is 2. The predicted molar refractivity (Wildman–Crippen MR) is 87.4 cm³/mol. The Morgan fingerprint density at radius 2 is 1.68 bits per heavy atom. The van der Waals surface area contributed by atoms with E-state index < -0.39 is 11.7 Å². The zero-order valence-electron chi connectivity index (χ0n) is 13.6. The number of piperazine rings is 1. The van der Waals surface area contributed by atoms with Crippen LogP contribution < -0.4 is 9.80 Å². The van der Waals surface area contributed by atoms with E-state index in [-0.39, 0.29) is 11.3 Å². The summed E-state index contributed by atoms with van der Waals surface area (Å²) in [5.41, 5.74) is 0.163. The number of alkyl halides is 3. The lowest BCUT2D eigenvalue weighted by atomic mass is 10.1. The zero-order chi connectivity index (χ0) is 18.0. The number of halogens is 3. The van der Waals surface area contributed by atoms with Gasteiger partial charge in [0.2, 0.25) is 0 Å². The van der Waals surface area contributed by atoms with Gasteiger partial charge in [-0.3, -0.25) is 0 Å². The highest BCUT2D eigenvalue weighted by Gasteiger charge is 2.36. The van der Waals surface area contributed by atoms with Gasteiger partial charge >= 0.3 is 6.18 Å². The van der Waals surface area contributed by atoms with E-state index >= 15 is 0 Å². The fourth-order valence-corrected chi connectivity index (χ4v) is 2.85. The molecule has 0 N–H and O–H groups in total. The van der Waals surface area contributed by atoms with Crippen LogP contribution in [0.5, 0.6) is 0 Å². The maximum Gasteiger partial charge on any atom is 0.418 e. The molecule has 1 aliphatic rings. The van der Waals surface area contributed by atoms with Crippen molar-refractivity contribution in [3.8, 4) is 6.07 Å². The Balaban J connectivity index is 1.79. The number of aryl methyl sites for hydroxylation is 1. The molecule has 1 aromatic carbocycles. The molecule has 130 valence electrons. The van der Waals surface area contributed by atoms with Gasteiger partial charge in [0.05, 0.1) is 22.9 Å². The van der Waals surface area contributed by atoms with Gasteiger partial charge in [0.15, 0.2) is 5.82 Å². The third-order valence-electron chi connectivity index (χ3n) is 4.16. The summed E-state index contributed by atoms with van der Waals surface area (Å²) >= 11 is 0. The van der Waals surface area contributed by atoms with E-state index in [9.17, 15) is 13.2 Å². The lowest BCUT2D eigenvalue weighted by Gasteiger charge is -2.37. The Kier molecular flexibility index (Phi) is 4.49. The van der Waals surface area contributed by atoms with Gasteiger partial charge in [-0.05, 0) is 37.3 Å². The van der Waals surface area contributed by atoms with Crippen molar-refractivity contribution in [1.29, 1.82) is 5.26 Å². The summed E-state index contributed by atoms with van der Waals surface area (Å²) < 4.78 is 40.0. The molecule has 0 saturated carbocycles. The number of benzene rings is 1. The molecule has 2 heterocycles. The number of rotatable bonds is 2. The van der Waals surface area contributed by atoms with E-state index in [1.165, 1.54) is 12.1 Å². The third-order valence-corrected chi connectivity index (χ3v) is 4.16. The molecule has 1 saturated heterocycles. The summed E-state index contributed by atoms with van der Waals surface area (Å²) in [7, 11) is 0. The first kappa shape index (κ1) is 17.0. The zero-order valence-corrected chi connectivity index (χ0v) is 13.6. The molecule has 25 heavy (non-hydrogen) atoms. The Bertz CT molecular complexity index is 787. The summed E-state index contributed by atoms with van der Waals surface area (Å²) in [5, 5.41) is 17.0. The van der Waals surface area contributed by atoms with Crippen LogP contribution in [-0.4, -0.2) is 36.4 Å². The second kappa shape index (κ2) is 6.59. The fourth-order valence-electron chi connectivity index (χ4n) is 2.85. The van der Waals surface area contributed by atoms with Crippen LogP contribution in [0.4, 0.5) is 24.7 Å². The SMILES string of the molecule is Cc1ccc(N2CCN(c3ccc(C#N)cc3C(F)(F)F)CC2)nn1. The van der Waals surface area contributed by atoms with Gasteiger partial charge in [0.1, 0.15) is 0 Å². The average molecular weight is 347 g/mol. The standard InChI is InChI=1S/C17H16F3N5/c1-12-2-5-16(23-22-12)25-8-6-24(7-9-25)15-4-3-13(11-21)10-14(15)17(18,19)20/h2-5,10H,6-9H2,1H3. The van der Waals surface area contributed by atoms with Gasteiger partial charge in [-0.25, -0.2) is 0 Å². The third kappa shape index (κ3) is 3.65. The highest BCUT2D eigenvalue weighted by molar-refractivity contribution is 5.59. The number of nitriles is 1. The van der Waals surface area contributed by atoms with Crippen LogP contribution in [-0.2, 0) is 6.18 Å². The first-order valence-corrected chi connectivity index (χ1v) is 7.80. The molecule has 1 aromatic heterocycles. The molecule has 0 amide bonds. The second-order valence-electron chi connectivity index (χ2n) is 5.85. The molecule has 0 atom stereocenters. The summed E-state index contributed by atoms with van der Waals surface area (Å²) in [6.45, 7) is 3.82. The van der Waals surface area contributed by atoms with Crippen molar-refractivity contribution in [3.63, 3.8) is 0 Å². The molecule has 1 aliphatic heterocycles. The summed E-state index contributed by atoms with van der Waals surface area (Å²) in [4.78, 5) is 3.70. The smallest absolute Gasteiger partial charge is 0.367 e. The van der Waals surface area contributed by atoms with Crippen LogP contribution in [0.3, 0.4) is 0 Å². The minimum absolute atomic E-state index is 0.00430. The van der Waals surface area contributed by atoms with Crippen molar-refractivity contribution in [1.82, 2.24) is 10.2 Å². The highest BCUT2D eigenvalue weighted by atomic mass is 19.4. The molecule has 5 nitrogen and oxygen atoms in total. The molecule has 0 spiro atoms. The monoisotopic (exact) mass is 347 g/mol. The lowest BCUT2D eigenvalue weighted by Crippen LogP contribution is -2.47. The molecular formula is C17H16F3N5. The first-order chi connectivity index (χ1) is 11.9. The lowest BCUT2D eigenvalue weighted by molar-refractivity contribution is -0.137. The van der Waals surface area contributed by atoms with Crippen LogP contribution in [0.15, 0.2) is 30.3 Å². The van der Waals surface area contributed by atoms with Crippen LogP contribution in [0.1, 0.15) is 16.8 Å². The summed E-state index contributed by atoms with van der Waals surface area (Å²) in [6.07, 6.45) is -4.50. The molecule has 0 unspecified atom stereocenters. The van der Waals surface area contributed by atoms with Gasteiger partial charge in [0.25, 0.3) is 0 Å². The topological polar surface area (TPSA) is 56.0 Å². The molecule has 3 rings (SSSR count). The van der Waals surface area contributed by atoms with E-state index in [1.54, 1.807) is 11.0 Å². The Morgan fingerprint density at radius 1 is 1.00 bits per heavy atom. The van der Waals surface area contributed by atoms with Crippen LogP contribution in [0, 0.1) is 18.3 Å². The van der Waals surface area contributed by atoms with Gasteiger partial charge < -0.3 is 9.80 Å². The largest absolute Gasteiger partial charge is 0.418 e. The van der Waals surface area contributed by atoms with Crippen molar-refractivity contribution < 1.29 is 13.2 Å².